The van der Waals surface area contributed by atoms with Crippen LogP contribution in [0.25, 0.3) is 0 Å². The number of hydrogen-bond acceptors (Lipinski definition) is 4. The number of ether oxygens (including phenoxy) is 1. The molecule has 0 atom stereocenters. The lowest BCUT2D eigenvalue weighted by Gasteiger charge is -2.05. The molecule has 0 fully saturated rings. The monoisotopic (exact) mass is 301 g/mol. The summed E-state index contributed by atoms with van der Waals surface area (Å²) >= 11 is 1.26. The van der Waals surface area contributed by atoms with Gasteiger partial charge in [-0.1, -0.05) is 25.5 Å². The van der Waals surface area contributed by atoms with Gasteiger partial charge in [0.1, 0.15) is 12.4 Å². The first kappa shape index (κ1) is 15.1. The van der Waals surface area contributed by atoms with E-state index in [1.165, 1.54) is 11.3 Å². The van der Waals surface area contributed by atoms with E-state index in [1.807, 2.05) is 13.0 Å². The SMILES string of the molecule is CCCc1cc(OCc2cccc(C#N)c2)c(C(=O)O)s1. The van der Waals surface area contributed by atoms with Crippen LogP contribution in [0.1, 0.15) is 39.0 Å². The van der Waals surface area contributed by atoms with Crippen molar-refractivity contribution < 1.29 is 14.6 Å². The molecule has 1 N–H and O–H groups in total. The number of hydrogen-bond donors (Lipinski definition) is 1. The summed E-state index contributed by atoms with van der Waals surface area (Å²) in [6, 6.07) is 11.0. The van der Waals surface area contributed by atoms with E-state index in [4.69, 9.17) is 10.00 Å². The maximum Gasteiger partial charge on any atom is 0.349 e. The Morgan fingerprint density at radius 2 is 2.24 bits per heavy atom. The third-order valence-electron chi connectivity index (χ3n) is 2.89. The minimum absolute atomic E-state index is 0.231. The highest BCUT2D eigenvalue weighted by Gasteiger charge is 2.16. The van der Waals surface area contributed by atoms with Crippen molar-refractivity contribution in [2.75, 3.05) is 0 Å². The Balaban J connectivity index is 2.15. The number of aromatic carboxylic acids is 1. The van der Waals surface area contributed by atoms with Gasteiger partial charge in [-0.2, -0.15) is 5.26 Å². The van der Waals surface area contributed by atoms with Crippen LogP contribution in [0, 0.1) is 11.3 Å². The maximum atomic E-state index is 11.2. The second-order valence-corrected chi connectivity index (χ2v) is 5.70. The molecule has 0 unspecified atom stereocenters. The molecule has 0 aliphatic heterocycles. The van der Waals surface area contributed by atoms with E-state index in [9.17, 15) is 9.90 Å². The van der Waals surface area contributed by atoms with E-state index in [-0.39, 0.29) is 11.5 Å². The van der Waals surface area contributed by atoms with Gasteiger partial charge < -0.3 is 9.84 Å². The highest BCUT2D eigenvalue weighted by atomic mass is 32.1. The molecule has 0 radical (unpaired) electrons. The Hall–Kier alpha value is -2.32. The first-order valence-electron chi connectivity index (χ1n) is 6.62. The zero-order valence-electron chi connectivity index (χ0n) is 11.6. The smallest absolute Gasteiger partial charge is 0.349 e. The van der Waals surface area contributed by atoms with Crippen molar-refractivity contribution in [2.45, 2.75) is 26.4 Å². The average Bonchev–Trinajstić information content (AvgIpc) is 2.89. The van der Waals surface area contributed by atoms with Crippen molar-refractivity contribution in [3.05, 3.63) is 51.2 Å². The predicted octanol–water partition coefficient (Wildman–Crippen LogP) is 3.85. The van der Waals surface area contributed by atoms with E-state index < -0.39 is 5.97 Å². The number of carbonyl (C=O) groups is 1. The van der Waals surface area contributed by atoms with Crippen LogP contribution in [0.15, 0.2) is 30.3 Å². The molecule has 0 aliphatic carbocycles. The fraction of sp³-hybridized carbons (Fsp3) is 0.250. The van der Waals surface area contributed by atoms with Crippen LogP contribution in [-0.2, 0) is 13.0 Å². The van der Waals surface area contributed by atoms with Crippen molar-refractivity contribution >= 4 is 17.3 Å². The van der Waals surface area contributed by atoms with E-state index in [1.54, 1.807) is 24.3 Å². The molecular weight excluding hydrogens is 286 g/mol. The van der Waals surface area contributed by atoms with E-state index in [0.29, 0.717) is 11.3 Å². The van der Waals surface area contributed by atoms with Crippen LogP contribution in [0.3, 0.4) is 0 Å². The van der Waals surface area contributed by atoms with Gasteiger partial charge in [0, 0.05) is 4.88 Å². The standard InChI is InChI=1S/C16H15NO3S/c1-2-4-13-8-14(15(21-13)16(18)19)20-10-12-6-3-5-11(7-12)9-17/h3,5-8H,2,4,10H2,1H3,(H,18,19). The molecule has 5 heteroatoms. The molecule has 21 heavy (non-hydrogen) atoms. The number of aryl methyl sites for hydroxylation is 1. The molecule has 0 bridgehead atoms. The van der Waals surface area contributed by atoms with Crippen LogP contribution >= 0.6 is 11.3 Å². The minimum atomic E-state index is -0.969. The molecule has 1 heterocycles. The summed E-state index contributed by atoms with van der Waals surface area (Å²) in [6.45, 7) is 2.30. The molecule has 0 saturated carbocycles. The lowest BCUT2D eigenvalue weighted by Crippen LogP contribution is -2.00. The van der Waals surface area contributed by atoms with E-state index in [2.05, 4.69) is 6.07 Å². The molecule has 1 aromatic heterocycles. The molecule has 4 nitrogen and oxygen atoms in total. The van der Waals surface area contributed by atoms with Gasteiger partial charge in [-0.15, -0.1) is 11.3 Å². The molecule has 0 saturated heterocycles. The number of nitriles is 1. The predicted molar refractivity (Wildman–Crippen MR) is 80.8 cm³/mol. The Morgan fingerprint density at radius 1 is 1.43 bits per heavy atom. The molecule has 0 aliphatic rings. The van der Waals surface area contributed by atoms with Gasteiger partial charge in [-0.05, 0) is 30.2 Å². The van der Waals surface area contributed by atoms with Crippen molar-refractivity contribution in [1.82, 2.24) is 0 Å². The molecule has 108 valence electrons. The lowest BCUT2D eigenvalue weighted by molar-refractivity contribution is 0.0697. The van der Waals surface area contributed by atoms with Gasteiger partial charge in [-0.25, -0.2) is 4.79 Å². The quantitative estimate of drug-likeness (QED) is 0.879. The third-order valence-corrected chi connectivity index (χ3v) is 4.05. The number of benzene rings is 1. The van der Waals surface area contributed by atoms with Gasteiger partial charge in [0.25, 0.3) is 0 Å². The lowest BCUT2D eigenvalue weighted by atomic mass is 10.1. The summed E-state index contributed by atoms with van der Waals surface area (Å²) in [4.78, 5) is 12.5. The van der Waals surface area contributed by atoms with Crippen LogP contribution in [0.2, 0.25) is 0 Å². The summed E-state index contributed by atoms with van der Waals surface area (Å²) in [5.74, 6) is -0.568. The Morgan fingerprint density at radius 3 is 2.90 bits per heavy atom. The largest absolute Gasteiger partial charge is 0.487 e. The highest BCUT2D eigenvalue weighted by molar-refractivity contribution is 7.14. The van der Waals surface area contributed by atoms with Gasteiger partial charge in [0.05, 0.1) is 11.6 Å². The number of nitrogens with zero attached hydrogens (tertiary/aromatic N) is 1. The highest BCUT2D eigenvalue weighted by Crippen LogP contribution is 2.31. The zero-order chi connectivity index (χ0) is 15.2. The van der Waals surface area contributed by atoms with Crippen molar-refractivity contribution in [3.8, 4) is 11.8 Å². The first-order valence-corrected chi connectivity index (χ1v) is 7.43. The summed E-state index contributed by atoms with van der Waals surface area (Å²) in [5, 5.41) is 18.1. The summed E-state index contributed by atoms with van der Waals surface area (Å²) in [5.41, 5.74) is 1.40. The van der Waals surface area contributed by atoms with Crippen LogP contribution in [0.4, 0.5) is 0 Å². The van der Waals surface area contributed by atoms with Gasteiger partial charge >= 0.3 is 5.97 Å². The fourth-order valence-corrected chi connectivity index (χ4v) is 2.98. The normalized spacial score (nSPS) is 10.1. The summed E-state index contributed by atoms with van der Waals surface area (Å²) < 4.78 is 5.63. The van der Waals surface area contributed by atoms with E-state index >= 15 is 0 Å². The van der Waals surface area contributed by atoms with Gasteiger partial charge in [-0.3, -0.25) is 0 Å². The molecular formula is C16H15NO3S. The number of carboxylic acids is 1. The zero-order valence-corrected chi connectivity index (χ0v) is 12.4. The molecule has 1 aromatic carbocycles. The van der Waals surface area contributed by atoms with Crippen molar-refractivity contribution in [3.63, 3.8) is 0 Å². The van der Waals surface area contributed by atoms with Crippen LogP contribution < -0.4 is 4.74 Å². The average molecular weight is 301 g/mol. The van der Waals surface area contributed by atoms with Gasteiger partial charge in [0.2, 0.25) is 0 Å². The number of rotatable bonds is 6. The molecule has 2 rings (SSSR count). The molecule has 2 aromatic rings. The molecule has 0 amide bonds. The third kappa shape index (κ3) is 3.83. The van der Waals surface area contributed by atoms with Gasteiger partial charge in [0.15, 0.2) is 4.88 Å². The fourth-order valence-electron chi connectivity index (χ4n) is 1.94. The summed E-state index contributed by atoms with van der Waals surface area (Å²) in [6.07, 6.45) is 1.81. The minimum Gasteiger partial charge on any atom is -0.487 e. The van der Waals surface area contributed by atoms with E-state index in [0.717, 1.165) is 23.3 Å². The number of carboxylic acid groups (broad SMARTS) is 1. The Bertz CT molecular complexity index is 685. The summed E-state index contributed by atoms with van der Waals surface area (Å²) in [7, 11) is 0. The van der Waals surface area contributed by atoms with Crippen LogP contribution in [-0.4, -0.2) is 11.1 Å². The second kappa shape index (κ2) is 6.91. The maximum absolute atomic E-state index is 11.2. The second-order valence-electron chi connectivity index (χ2n) is 4.56. The van der Waals surface area contributed by atoms with Crippen LogP contribution in [0.5, 0.6) is 5.75 Å². The topological polar surface area (TPSA) is 70.3 Å². The Labute approximate surface area is 127 Å². The molecule has 0 spiro atoms. The van der Waals surface area contributed by atoms with Crippen molar-refractivity contribution in [1.29, 1.82) is 5.26 Å². The Kier molecular flexibility index (Phi) is 4.96. The number of thiophene rings is 1. The first-order chi connectivity index (χ1) is 10.1. The van der Waals surface area contributed by atoms with Crippen molar-refractivity contribution in [2.24, 2.45) is 0 Å².